The summed E-state index contributed by atoms with van der Waals surface area (Å²) in [5.41, 5.74) is -1.22. The van der Waals surface area contributed by atoms with Gasteiger partial charge in [0.25, 0.3) is 0 Å². The molecule has 1 aromatic heterocycles. The summed E-state index contributed by atoms with van der Waals surface area (Å²) in [6.07, 6.45) is -1.24. The van der Waals surface area contributed by atoms with Gasteiger partial charge in [-0.3, -0.25) is 5.32 Å². The molecule has 1 aliphatic rings. The van der Waals surface area contributed by atoms with E-state index in [2.05, 4.69) is 32.7 Å². The smallest absolute Gasteiger partial charge is 0.344 e. The second kappa shape index (κ2) is 7.48. The van der Waals surface area contributed by atoms with E-state index in [0.717, 1.165) is 25.5 Å². The summed E-state index contributed by atoms with van der Waals surface area (Å²) in [6.45, 7) is 2.98. The van der Waals surface area contributed by atoms with Gasteiger partial charge in [-0.2, -0.15) is 13.2 Å². The first-order valence-corrected chi connectivity index (χ1v) is 9.00. The summed E-state index contributed by atoms with van der Waals surface area (Å²) in [7, 11) is 0. The zero-order valence-electron chi connectivity index (χ0n) is 14.0. The fraction of sp³-hybridized carbons (Fsp3) is 0.438. The van der Waals surface area contributed by atoms with Gasteiger partial charge in [-0.1, -0.05) is 23.5 Å². The molecule has 0 saturated carbocycles. The zero-order chi connectivity index (χ0) is 18.7. The average Bonchev–Trinajstić information content (AvgIpc) is 3.03. The molecule has 1 atom stereocenters. The number of hydrogen-bond donors (Lipinski definition) is 2. The first-order chi connectivity index (χ1) is 12.3. The first-order valence-electron chi connectivity index (χ1n) is 8.19. The number of alkyl halides is 3. The molecule has 0 radical (unpaired) electrons. The zero-order valence-corrected chi connectivity index (χ0v) is 14.8. The number of hydrogen-bond acceptors (Lipinski definition) is 5. The lowest BCUT2D eigenvalue weighted by Gasteiger charge is -2.32. The topological polar surface area (TPSA) is 70.2 Å². The van der Waals surface area contributed by atoms with Crippen LogP contribution < -0.4 is 15.5 Å². The maximum absolute atomic E-state index is 13.0. The Kier molecular flexibility index (Phi) is 5.30. The Hall–Kier alpha value is -2.36. The molecule has 1 aliphatic heterocycles. The molecule has 2 heterocycles. The van der Waals surface area contributed by atoms with Crippen molar-refractivity contribution in [2.75, 3.05) is 22.1 Å². The molecule has 0 unspecified atom stereocenters. The van der Waals surface area contributed by atoms with E-state index in [1.54, 1.807) is 0 Å². The Morgan fingerprint density at radius 1 is 1.23 bits per heavy atom. The SMILES string of the molecule is C[C@H]1CCCCN1c1nnc(NC(=O)Nc2ccccc2C(F)(F)F)s1. The fourth-order valence-electron chi connectivity index (χ4n) is 2.85. The van der Waals surface area contributed by atoms with E-state index in [1.165, 1.54) is 36.0 Å². The summed E-state index contributed by atoms with van der Waals surface area (Å²) in [6, 6.07) is 4.35. The molecule has 140 valence electrons. The standard InChI is InChI=1S/C16H18F3N5OS/c1-10-6-4-5-9-24(10)15-23-22-14(26-15)21-13(25)20-12-8-3-2-7-11(12)16(17,18)19/h2-3,7-8,10H,4-6,9H2,1H3,(H2,20,21,22,25)/t10-/m0/s1. The van der Waals surface area contributed by atoms with Crippen molar-refractivity contribution < 1.29 is 18.0 Å². The molecule has 1 saturated heterocycles. The van der Waals surface area contributed by atoms with Crippen LogP contribution in [0.4, 0.5) is 33.9 Å². The van der Waals surface area contributed by atoms with Crippen LogP contribution in [0.5, 0.6) is 0 Å². The van der Waals surface area contributed by atoms with Crippen LogP contribution in [0.2, 0.25) is 0 Å². The summed E-state index contributed by atoms with van der Waals surface area (Å²) in [5.74, 6) is 0. The van der Waals surface area contributed by atoms with Crippen LogP contribution in [-0.4, -0.2) is 28.8 Å². The number of aromatic nitrogens is 2. The van der Waals surface area contributed by atoms with Crippen molar-refractivity contribution in [3.63, 3.8) is 0 Å². The number of anilines is 3. The third-order valence-corrected chi connectivity index (χ3v) is 5.04. The van der Waals surface area contributed by atoms with Crippen molar-refractivity contribution in [1.82, 2.24) is 10.2 Å². The number of carbonyl (C=O) groups excluding carboxylic acids is 1. The minimum Gasteiger partial charge on any atom is -0.344 e. The first kappa shape index (κ1) is 18.4. The summed E-state index contributed by atoms with van der Waals surface area (Å²) >= 11 is 1.20. The molecule has 2 N–H and O–H groups in total. The second-order valence-corrected chi connectivity index (χ2v) is 7.01. The Balaban J connectivity index is 1.66. The van der Waals surface area contributed by atoms with Crippen molar-refractivity contribution in [2.24, 2.45) is 0 Å². The van der Waals surface area contributed by atoms with E-state index >= 15 is 0 Å². The molecule has 0 bridgehead atoms. The molecule has 0 aliphatic carbocycles. The van der Waals surface area contributed by atoms with Crippen molar-refractivity contribution in [3.05, 3.63) is 29.8 Å². The van der Waals surface area contributed by atoms with Gasteiger partial charge in [0, 0.05) is 12.6 Å². The highest BCUT2D eigenvalue weighted by atomic mass is 32.1. The number of para-hydroxylation sites is 1. The molecule has 3 rings (SSSR count). The van der Waals surface area contributed by atoms with Crippen LogP contribution in [0, 0.1) is 0 Å². The number of amides is 2. The number of rotatable bonds is 3. The number of carbonyl (C=O) groups is 1. The van der Waals surface area contributed by atoms with Gasteiger partial charge < -0.3 is 10.2 Å². The molecule has 0 spiro atoms. The van der Waals surface area contributed by atoms with Gasteiger partial charge in [0.1, 0.15) is 0 Å². The molecular weight excluding hydrogens is 367 g/mol. The predicted molar refractivity (Wildman–Crippen MR) is 94.7 cm³/mol. The molecule has 6 nitrogen and oxygen atoms in total. The van der Waals surface area contributed by atoms with Crippen LogP contribution in [0.25, 0.3) is 0 Å². The highest BCUT2D eigenvalue weighted by molar-refractivity contribution is 7.19. The normalized spacial score (nSPS) is 17.8. The van der Waals surface area contributed by atoms with Crippen LogP contribution in [0.3, 0.4) is 0 Å². The molecule has 10 heteroatoms. The number of urea groups is 1. The highest BCUT2D eigenvalue weighted by Gasteiger charge is 2.33. The third kappa shape index (κ3) is 4.24. The number of nitrogens with one attached hydrogen (secondary N) is 2. The van der Waals surface area contributed by atoms with Crippen LogP contribution in [0.1, 0.15) is 31.7 Å². The van der Waals surface area contributed by atoms with Gasteiger partial charge in [-0.05, 0) is 38.3 Å². The molecule has 2 aromatic rings. The van der Waals surface area contributed by atoms with E-state index in [9.17, 15) is 18.0 Å². The van der Waals surface area contributed by atoms with Gasteiger partial charge >= 0.3 is 12.2 Å². The van der Waals surface area contributed by atoms with Crippen LogP contribution in [0.15, 0.2) is 24.3 Å². The van der Waals surface area contributed by atoms with E-state index in [1.807, 2.05) is 0 Å². The molecule has 26 heavy (non-hydrogen) atoms. The minimum atomic E-state index is -4.55. The van der Waals surface area contributed by atoms with Gasteiger partial charge in [0.2, 0.25) is 10.3 Å². The molecule has 1 fully saturated rings. The van der Waals surface area contributed by atoms with Crippen molar-refractivity contribution in [3.8, 4) is 0 Å². The van der Waals surface area contributed by atoms with Gasteiger partial charge in [-0.15, -0.1) is 10.2 Å². The van der Waals surface area contributed by atoms with Crippen molar-refractivity contribution in [2.45, 2.75) is 38.4 Å². The molecule has 2 amide bonds. The largest absolute Gasteiger partial charge is 0.418 e. The fourth-order valence-corrected chi connectivity index (χ4v) is 3.72. The second-order valence-electron chi connectivity index (χ2n) is 6.05. The Morgan fingerprint density at radius 2 is 2.00 bits per heavy atom. The van der Waals surface area contributed by atoms with E-state index < -0.39 is 17.8 Å². The monoisotopic (exact) mass is 385 g/mol. The van der Waals surface area contributed by atoms with Crippen LogP contribution in [-0.2, 0) is 6.18 Å². The van der Waals surface area contributed by atoms with E-state index in [-0.39, 0.29) is 10.8 Å². The lowest BCUT2D eigenvalue weighted by Crippen LogP contribution is -2.37. The van der Waals surface area contributed by atoms with Crippen LogP contribution >= 0.6 is 11.3 Å². The van der Waals surface area contributed by atoms with Gasteiger partial charge in [-0.25, -0.2) is 4.79 Å². The third-order valence-electron chi connectivity index (χ3n) is 4.16. The Bertz CT molecular complexity index is 779. The highest BCUT2D eigenvalue weighted by Crippen LogP contribution is 2.35. The number of nitrogens with zero attached hydrogens (tertiary/aromatic N) is 3. The molecule has 1 aromatic carbocycles. The number of piperidine rings is 1. The Labute approximate surface area is 152 Å². The number of halogens is 3. The lowest BCUT2D eigenvalue weighted by atomic mass is 10.1. The summed E-state index contributed by atoms with van der Waals surface area (Å²) in [5, 5.41) is 13.6. The summed E-state index contributed by atoms with van der Waals surface area (Å²) in [4.78, 5) is 14.2. The lowest BCUT2D eigenvalue weighted by molar-refractivity contribution is -0.136. The van der Waals surface area contributed by atoms with E-state index in [4.69, 9.17) is 0 Å². The summed E-state index contributed by atoms with van der Waals surface area (Å²) < 4.78 is 38.9. The Morgan fingerprint density at radius 3 is 2.73 bits per heavy atom. The van der Waals surface area contributed by atoms with Gasteiger partial charge in [0.05, 0.1) is 11.3 Å². The molecular formula is C16H18F3N5OS. The van der Waals surface area contributed by atoms with Crippen molar-refractivity contribution >= 4 is 33.3 Å². The van der Waals surface area contributed by atoms with E-state index in [0.29, 0.717) is 11.2 Å². The van der Waals surface area contributed by atoms with Gasteiger partial charge in [0.15, 0.2) is 0 Å². The maximum atomic E-state index is 13.0. The maximum Gasteiger partial charge on any atom is 0.418 e. The number of benzene rings is 1. The van der Waals surface area contributed by atoms with Crippen molar-refractivity contribution in [1.29, 1.82) is 0 Å². The quantitative estimate of drug-likeness (QED) is 0.811. The minimum absolute atomic E-state index is 0.236. The average molecular weight is 385 g/mol. The predicted octanol–water partition coefficient (Wildman–Crippen LogP) is 4.58.